The number of sulfonamides is 1. The molecule has 0 aliphatic rings. The van der Waals surface area contributed by atoms with Crippen LogP contribution in [0, 0.1) is 6.92 Å². The molecule has 0 aliphatic carbocycles. The third kappa shape index (κ3) is 4.69. The van der Waals surface area contributed by atoms with Gasteiger partial charge in [-0.2, -0.15) is 0 Å². The molecule has 90 valence electrons. The molecule has 0 unspecified atom stereocenters. The highest BCUT2D eigenvalue weighted by Crippen LogP contribution is 1.99. The predicted molar refractivity (Wildman–Crippen MR) is 61.3 cm³/mol. The second-order valence-electron chi connectivity index (χ2n) is 3.49. The van der Waals surface area contributed by atoms with Crippen LogP contribution in [0.15, 0.2) is 18.2 Å². The van der Waals surface area contributed by atoms with E-state index < -0.39 is 10.0 Å². The van der Waals surface area contributed by atoms with Crippen LogP contribution >= 0.6 is 0 Å². The Morgan fingerprint density at radius 1 is 1.44 bits per heavy atom. The summed E-state index contributed by atoms with van der Waals surface area (Å²) in [5.74, 6) is -0.0602. The van der Waals surface area contributed by atoms with Gasteiger partial charge in [0.15, 0.2) is 0 Å². The Labute approximate surface area is 95.6 Å². The van der Waals surface area contributed by atoms with E-state index in [1.165, 1.54) is 0 Å². The van der Waals surface area contributed by atoms with Gasteiger partial charge in [0.2, 0.25) is 10.0 Å². The summed E-state index contributed by atoms with van der Waals surface area (Å²) in [4.78, 5) is 4.18. The van der Waals surface area contributed by atoms with Gasteiger partial charge in [0, 0.05) is 12.3 Å². The lowest BCUT2D eigenvalue weighted by Gasteiger charge is -2.05. The fraction of sp³-hybridized carbons (Fsp3) is 0.500. The Balaban J connectivity index is 2.51. The van der Waals surface area contributed by atoms with Crippen molar-refractivity contribution in [3.05, 3.63) is 29.6 Å². The van der Waals surface area contributed by atoms with Crippen molar-refractivity contribution in [2.75, 3.05) is 12.4 Å². The predicted octanol–water partition coefficient (Wildman–Crippen LogP) is 0.192. The molecule has 1 aromatic rings. The zero-order chi connectivity index (χ0) is 12.0. The van der Waals surface area contributed by atoms with E-state index in [-0.39, 0.29) is 25.3 Å². The summed E-state index contributed by atoms with van der Waals surface area (Å²) in [6, 6.07) is 5.45. The van der Waals surface area contributed by atoms with E-state index in [2.05, 4.69) is 9.71 Å². The second kappa shape index (κ2) is 5.93. The SMILES string of the molecule is Cc1cccc(CNS(=O)(=O)CCCO)n1. The first-order valence-corrected chi connectivity index (χ1v) is 6.69. The van der Waals surface area contributed by atoms with E-state index in [1.54, 1.807) is 6.07 Å². The number of pyridine rings is 1. The van der Waals surface area contributed by atoms with Gasteiger partial charge in [0.25, 0.3) is 0 Å². The third-order valence-electron chi connectivity index (χ3n) is 1.99. The van der Waals surface area contributed by atoms with Crippen molar-refractivity contribution in [2.45, 2.75) is 19.9 Å². The van der Waals surface area contributed by atoms with Gasteiger partial charge in [-0.05, 0) is 25.5 Å². The maximum atomic E-state index is 11.4. The Kier molecular flexibility index (Phi) is 4.85. The van der Waals surface area contributed by atoms with Gasteiger partial charge in [-0.25, -0.2) is 13.1 Å². The van der Waals surface area contributed by atoms with Crippen LogP contribution in [-0.4, -0.2) is 30.9 Å². The van der Waals surface area contributed by atoms with Crippen molar-refractivity contribution < 1.29 is 13.5 Å². The Morgan fingerprint density at radius 2 is 2.19 bits per heavy atom. The molecule has 16 heavy (non-hydrogen) atoms. The molecule has 0 saturated heterocycles. The van der Waals surface area contributed by atoms with Crippen LogP contribution in [-0.2, 0) is 16.6 Å². The molecule has 0 spiro atoms. The van der Waals surface area contributed by atoms with E-state index in [1.807, 2.05) is 19.1 Å². The molecule has 5 nitrogen and oxygen atoms in total. The van der Waals surface area contributed by atoms with Gasteiger partial charge in [-0.1, -0.05) is 6.07 Å². The van der Waals surface area contributed by atoms with Crippen molar-refractivity contribution in [3.63, 3.8) is 0 Å². The standard InChI is InChI=1S/C10H16N2O3S/c1-9-4-2-5-10(12-9)8-11-16(14,15)7-3-6-13/h2,4-5,11,13H,3,6-8H2,1H3. The molecule has 2 N–H and O–H groups in total. The van der Waals surface area contributed by atoms with Crippen LogP contribution in [0.25, 0.3) is 0 Å². The van der Waals surface area contributed by atoms with Crippen molar-refractivity contribution in [1.29, 1.82) is 0 Å². The number of hydrogen-bond donors (Lipinski definition) is 2. The maximum absolute atomic E-state index is 11.4. The van der Waals surface area contributed by atoms with Gasteiger partial charge in [0.05, 0.1) is 18.0 Å². The molecule has 0 radical (unpaired) electrons. The Hall–Kier alpha value is -0.980. The van der Waals surface area contributed by atoms with Gasteiger partial charge in [-0.3, -0.25) is 4.98 Å². The lowest BCUT2D eigenvalue weighted by atomic mass is 10.3. The minimum atomic E-state index is -3.30. The molecule has 0 aromatic carbocycles. The number of aliphatic hydroxyl groups excluding tert-OH is 1. The van der Waals surface area contributed by atoms with Crippen LogP contribution < -0.4 is 4.72 Å². The molecule has 1 heterocycles. The molecular formula is C10H16N2O3S. The number of aliphatic hydroxyl groups is 1. The van der Waals surface area contributed by atoms with E-state index in [0.29, 0.717) is 5.69 Å². The highest BCUT2D eigenvalue weighted by molar-refractivity contribution is 7.89. The molecule has 0 fully saturated rings. The summed E-state index contributed by atoms with van der Waals surface area (Å²) in [6.07, 6.45) is 0.247. The molecule has 0 saturated carbocycles. The van der Waals surface area contributed by atoms with E-state index in [0.717, 1.165) is 5.69 Å². The zero-order valence-electron chi connectivity index (χ0n) is 9.18. The number of nitrogens with one attached hydrogen (secondary N) is 1. The van der Waals surface area contributed by atoms with Crippen molar-refractivity contribution >= 4 is 10.0 Å². The second-order valence-corrected chi connectivity index (χ2v) is 5.41. The number of nitrogens with zero attached hydrogens (tertiary/aromatic N) is 1. The zero-order valence-corrected chi connectivity index (χ0v) is 10.00. The summed E-state index contributed by atoms with van der Waals surface area (Å²) < 4.78 is 25.2. The average Bonchev–Trinajstić information content (AvgIpc) is 2.24. The lowest BCUT2D eigenvalue weighted by molar-refractivity contribution is 0.295. The van der Waals surface area contributed by atoms with Crippen LogP contribution in [0.5, 0.6) is 0 Å². The van der Waals surface area contributed by atoms with E-state index in [4.69, 9.17) is 5.11 Å². The fourth-order valence-corrected chi connectivity index (χ4v) is 2.23. The van der Waals surface area contributed by atoms with Gasteiger partial charge in [-0.15, -0.1) is 0 Å². The van der Waals surface area contributed by atoms with E-state index in [9.17, 15) is 8.42 Å². The number of rotatable bonds is 6. The summed E-state index contributed by atoms with van der Waals surface area (Å²) in [5, 5.41) is 8.55. The van der Waals surface area contributed by atoms with Crippen molar-refractivity contribution in [2.24, 2.45) is 0 Å². The molecule has 6 heteroatoms. The highest BCUT2D eigenvalue weighted by Gasteiger charge is 2.09. The topological polar surface area (TPSA) is 79.3 Å². The monoisotopic (exact) mass is 244 g/mol. The quantitative estimate of drug-likeness (QED) is 0.749. The smallest absolute Gasteiger partial charge is 0.212 e. The molecule has 1 rings (SSSR count). The van der Waals surface area contributed by atoms with Crippen molar-refractivity contribution in [3.8, 4) is 0 Å². The summed E-state index contributed by atoms with van der Waals surface area (Å²) in [7, 11) is -3.30. The third-order valence-corrected chi connectivity index (χ3v) is 3.40. The first-order chi connectivity index (χ1) is 7.53. The van der Waals surface area contributed by atoms with Crippen LogP contribution in [0.2, 0.25) is 0 Å². The van der Waals surface area contributed by atoms with Crippen LogP contribution in [0.4, 0.5) is 0 Å². The van der Waals surface area contributed by atoms with Gasteiger partial charge >= 0.3 is 0 Å². The minimum Gasteiger partial charge on any atom is -0.396 e. The molecule has 0 bridgehead atoms. The normalized spacial score (nSPS) is 11.6. The first kappa shape index (κ1) is 13.1. The first-order valence-electron chi connectivity index (χ1n) is 5.04. The average molecular weight is 244 g/mol. The summed E-state index contributed by atoms with van der Waals surface area (Å²) >= 11 is 0. The number of hydrogen-bond acceptors (Lipinski definition) is 4. The van der Waals surface area contributed by atoms with Gasteiger partial charge < -0.3 is 5.11 Å². The van der Waals surface area contributed by atoms with Crippen LogP contribution in [0.3, 0.4) is 0 Å². The Bertz CT molecular complexity index is 431. The highest BCUT2D eigenvalue weighted by atomic mass is 32.2. The Morgan fingerprint density at radius 3 is 2.81 bits per heavy atom. The molecular weight excluding hydrogens is 228 g/mol. The number of aryl methyl sites for hydroxylation is 1. The molecule has 1 aromatic heterocycles. The maximum Gasteiger partial charge on any atom is 0.212 e. The van der Waals surface area contributed by atoms with E-state index >= 15 is 0 Å². The lowest BCUT2D eigenvalue weighted by Crippen LogP contribution is -2.26. The minimum absolute atomic E-state index is 0.0602. The molecule has 0 aliphatic heterocycles. The number of aromatic nitrogens is 1. The summed E-state index contributed by atoms with van der Waals surface area (Å²) in [6.45, 7) is 1.92. The summed E-state index contributed by atoms with van der Waals surface area (Å²) in [5.41, 5.74) is 1.54. The fourth-order valence-electron chi connectivity index (χ4n) is 1.21. The molecule has 0 amide bonds. The van der Waals surface area contributed by atoms with Gasteiger partial charge in [0.1, 0.15) is 0 Å². The largest absolute Gasteiger partial charge is 0.396 e. The molecule has 0 atom stereocenters. The van der Waals surface area contributed by atoms with Crippen LogP contribution in [0.1, 0.15) is 17.8 Å². The van der Waals surface area contributed by atoms with Crippen molar-refractivity contribution in [1.82, 2.24) is 9.71 Å².